The number of likely N-dealkylation sites (tertiary alicyclic amines) is 1. The maximum absolute atomic E-state index is 12.6. The third-order valence-corrected chi connectivity index (χ3v) is 7.15. The quantitative estimate of drug-likeness (QED) is 0.365. The number of halogens is 1. The van der Waals surface area contributed by atoms with E-state index < -0.39 is 0 Å². The predicted molar refractivity (Wildman–Crippen MR) is 136 cm³/mol. The van der Waals surface area contributed by atoms with Crippen molar-refractivity contribution in [3.8, 4) is 0 Å². The molecule has 2 aromatic heterocycles. The van der Waals surface area contributed by atoms with Gasteiger partial charge in [0, 0.05) is 48.2 Å². The lowest BCUT2D eigenvalue weighted by Gasteiger charge is -2.31. The Labute approximate surface area is 205 Å². The molecule has 0 aliphatic carbocycles. The molecule has 4 aromatic rings. The third-order valence-electron chi connectivity index (χ3n) is 6.78. The topological polar surface area (TPSA) is 50.4 Å². The van der Waals surface area contributed by atoms with Crippen LogP contribution in [0.3, 0.4) is 0 Å². The maximum Gasteiger partial charge on any atom is 0.223 e. The van der Waals surface area contributed by atoms with E-state index in [2.05, 4.69) is 51.2 Å². The number of hydrogen-bond donors (Lipinski definition) is 1. The van der Waals surface area contributed by atoms with E-state index in [4.69, 9.17) is 16.0 Å². The minimum atomic E-state index is 0.0850. The van der Waals surface area contributed by atoms with Gasteiger partial charge in [0.15, 0.2) is 0 Å². The number of carbonyl (C=O) groups is 1. The number of rotatable bonds is 8. The summed E-state index contributed by atoms with van der Waals surface area (Å²) in [5.74, 6) is 1.16. The van der Waals surface area contributed by atoms with Gasteiger partial charge < -0.3 is 14.3 Å². The van der Waals surface area contributed by atoms with Gasteiger partial charge in [0.2, 0.25) is 5.91 Å². The van der Waals surface area contributed by atoms with Gasteiger partial charge >= 0.3 is 0 Å². The molecule has 0 bridgehead atoms. The zero-order valence-electron chi connectivity index (χ0n) is 19.3. The highest BCUT2D eigenvalue weighted by molar-refractivity contribution is 6.31. The fourth-order valence-electron chi connectivity index (χ4n) is 4.87. The van der Waals surface area contributed by atoms with Crippen LogP contribution < -0.4 is 5.32 Å². The van der Waals surface area contributed by atoms with Gasteiger partial charge in [-0.25, -0.2) is 0 Å². The summed E-state index contributed by atoms with van der Waals surface area (Å²) in [7, 11) is 0. The van der Waals surface area contributed by atoms with Crippen LogP contribution in [0.2, 0.25) is 5.02 Å². The summed E-state index contributed by atoms with van der Waals surface area (Å²) >= 11 is 6.48. The largest absolute Gasteiger partial charge is 0.469 e. The highest BCUT2D eigenvalue weighted by Gasteiger charge is 2.25. The Hall–Kier alpha value is -3.02. The van der Waals surface area contributed by atoms with Crippen molar-refractivity contribution in [1.29, 1.82) is 0 Å². The molecule has 0 radical (unpaired) electrons. The molecule has 1 N–H and O–H groups in total. The maximum atomic E-state index is 12.6. The van der Waals surface area contributed by atoms with Crippen molar-refractivity contribution >= 4 is 28.4 Å². The number of carbonyl (C=O) groups excluding carboxylic acids is 1. The fourth-order valence-corrected chi connectivity index (χ4v) is 5.07. The van der Waals surface area contributed by atoms with Gasteiger partial charge in [0.05, 0.1) is 6.26 Å². The summed E-state index contributed by atoms with van der Waals surface area (Å²) in [6, 6.07) is 22.7. The number of aromatic nitrogens is 1. The van der Waals surface area contributed by atoms with E-state index in [9.17, 15) is 4.79 Å². The molecule has 1 aliphatic heterocycles. The summed E-state index contributed by atoms with van der Waals surface area (Å²) in [5, 5.41) is 5.12. The fraction of sp³-hybridized carbons (Fsp3) is 0.321. The number of nitrogens with zero attached hydrogens (tertiary/aromatic N) is 2. The first kappa shape index (κ1) is 22.8. The van der Waals surface area contributed by atoms with Crippen molar-refractivity contribution in [2.24, 2.45) is 5.92 Å². The molecular weight excluding hydrogens is 446 g/mol. The summed E-state index contributed by atoms with van der Waals surface area (Å²) < 4.78 is 7.72. The van der Waals surface area contributed by atoms with Crippen LogP contribution in [0, 0.1) is 5.92 Å². The van der Waals surface area contributed by atoms with Crippen LogP contribution in [0.5, 0.6) is 0 Å². The van der Waals surface area contributed by atoms with Crippen molar-refractivity contribution in [1.82, 2.24) is 14.8 Å². The number of piperidine rings is 1. The van der Waals surface area contributed by atoms with E-state index in [-0.39, 0.29) is 11.8 Å². The van der Waals surface area contributed by atoms with Gasteiger partial charge in [-0.15, -0.1) is 0 Å². The summed E-state index contributed by atoms with van der Waals surface area (Å²) in [6.07, 6.45) is 4.17. The van der Waals surface area contributed by atoms with E-state index in [1.165, 1.54) is 16.6 Å². The molecule has 1 saturated heterocycles. The van der Waals surface area contributed by atoms with E-state index >= 15 is 0 Å². The Bertz CT molecular complexity index is 1240. The molecule has 5 nitrogen and oxygen atoms in total. The molecule has 6 heteroatoms. The standard InChI is InChI=1S/C28H30ClN3O2/c29-26-9-3-1-7-23(26)19-32-24(18-22-6-2-4-10-27(22)32)20-31-15-12-21(13-16-31)28(33)30-14-11-25-8-5-17-34-25/h1-10,17-18,21H,11-16,19-20H2,(H,30,33). The zero-order chi connectivity index (χ0) is 23.3. The number of benzene rings is 2. The Morgan fingerprint density at radius 1 is 1.00 bits per heavy atom. The molecule has 176 valence electrons. The second-order valence-corrected chi connectivity index (χ2v) is 9.45. The SMILES string of the molecule is O=C(NCCc1ccco1)C1CCN(Cc2cc3ccccc3n2Cc2ccccc2Cl)CC1. The molecule has 0 saturated carbocycles. The Balaban J connectivity index is 1.21. The van der Waals surface area contributed by atoms with Crippen LogP contribution in [0.25, 0.3) is 10.9 Å². The van der Waals surface area contributed by atoms with Gasteiger partial charge in [-0.1, -0.05) is 48.0 Å². The minimum Gasteiger partial charge on any atom is -0.469 e. The van der Waals surface area contributed by atoms with E-state index in [1.807, 2.05) is 30.3 Å². The van der Waals surface area contributed by atoms with Gasteiger partial charge in [-0.05, 0) is 67.2 Å². The number of amides is 1. The Kier molecular flexibility index (Phi) is 7.02. The van der Waals surface area contributed by atoms with Crippen LogP contribution in [0.4, 0.5) is 0 Å². The lowest BCUT2D eigenvalue weighted by Crippen LogP contribution is -2.40. The number of nitrogens with one attached hydrogen (secondary N) is 1. The second kappa shape index (κ2) is 10.5. The van der Waals surface area contributed by atoms with Crippen molar-refractivity contribution in [3.05, 3.63) is 95.0 Å². The zero-order valence-corrected chi connectivity index (χ0v) is 20.0. The second-order valence-electron chi connectivity index (χ2n) is 9.04. The summed E-state index contributed by atoms with van der Waals surface area (Å²) in [6.45, 7) is 4.07. The number of fused-ring (bicyclic) bond motifs is 1. The Morgan fingerprint density at radius 3 is 2.59 bits per heavy atom. The highest BCUT2D eigenvalue weighted by Crippen LogP contribution is 2.26. The lowest BCUT2D eigenvalue weighted by molar-refractivity contribution is -0.126. The molecular formula is C28H30ClN3O2. The highest BCUT2D eigenvalue weighted by atomic mass is 35.5. The molecule has 2 aromatic carbocycles. The van der Waals surface area contributed by atoms with Crippen molar-refractivity contribution in [3.63, 3.8) is 0 Å². The average Bonchev–Trinajstić information content (AvgIpc) is 3.49. The first-order chi connectivity index (χ1) is 16.7. The molecule has 3 heterocycles. The number of hydrogen-bond acceptors (Lipinski definition) is 3. The normalized spacial score (nSPS) is 15.1. The number of furan rings is 1. The van der Waals surface area contributed by atoms with Crippen LogP contribution in [-0.4, -0.2) is 35.0 Å². The van der Waals surface area contributed by atoms with Crippen molar-refractivity contribution in [2.75, 3.05) is 19.6 Å². The van der Waals surface area contributed by atoms with Crippen LogP contribution >= 0.6 is 11.6 Å². The smallest absolute Gasteiger partial charge is 0.223 e. The molecule has 1 amide bonds. The first-order valence-corrected chi connectivity index (χ1v) is 12.4. The molecule has 0 atom stereocenters. The van der Waals surface area contributed by atoms with Crippen LogP contribution in [0.1, 0.15) is 29.9 Å². The monoisotopic (exact) mass is 475 g/mol. The number of para-hydroxylation sites is 1. The van der Waals surface area contributed by atoms with E-state index in [1.54, 1.807) is 6.26 Å². The summed E-state index contributed by atoms with van der Waals surface area (Å²) in [5.41, 5.74) is 3.63. The molecule has 5 rings (SSSR count). The van der Waals surface area contributed by atoms with Gasteiger partial charge in [-0.3, -0.25) is 9.69 Å². The first-order valence-electron chi connectivity index (χ1n) is 12.0. The summed E-state index contributed by atoms with van der Waals surface area (Å²) in [4.78, 5) is 15.1. The lowest BCUT2D eigenvalue weighted by atomic mass is 9.95. The van der Waals surface area contributed by atoms with Gasteiger partial charge in [0.1, 0.15) is 5.76 Å². The minimum absolute atomic E-state index is 0.0850. The molecule has 1 fully saturated rings. The van der Waals surface area contributed by atoms with E-state index in [0.29, 0.717) is 6.54 Å². The average molecular weight is 476 g/mol. The van der Waals surface area contributed by atoms with Crippen molar-refractivity contribution < 1.29 is 9.21 Å². The van der Waals surface area contributed by atoms with Gasteiger partial charge in [0.25, 0.3) is 0 Å². The van der Waals surface area contributed by atoms with Gasteiger partial charge in [-0.2, -0.15) is 0 Å². The third kappa shape index (κ3) is 5.21. The van der Waals surface area contributed by atoms with Crippen LogP contribution in [-0.2, 0) is 24.3 Å². The molecule has 1 aliphatic rings. The predicted octanol–water partition coefficient (Wildman–Crippen LogP) is 5.51. The van der Waals surface area contributed by atoms with E-state index in [0.717, 1.165) is 61.8 Å². The molecule has 0 spiro atoms. The van der Waals surface area contributed by atoms with Crippen LogP contribution in [0.15, 0.2) is 77.4 Å². The molecule has 34 heavy (non-hydrogen) atoms. The molecule has 0 unspecified atom stereocenters. The Morgan fingerprint density at radius 2 is 1.79 bits per heavy atom. The van der Waals surface area contributed by atoms with Crippen molar-refractivity contribution in [2.45, 2.75) is 32.4 Å².